The largest absolute Gasteiger partial charge is 1.00 e. The van der Waals surface area contributed by atoms with Gasteiger partial charge < -0.3 is 21.7 Å². The van der Waals surface area contributed by atoms with Crippen LogP contribution >= 0.6 is 0 Å². The van der Waals surface area contributed by atoms with Crippen LogP contribution in [0, 0.1) is 11.8 Å². The Kier molecular flexibility index (Phi) is 10.2. The van der Waals surface area contributed by atoms with Crippen LogP contribution in [0.15, 0.2) is 29.2 Å². The second kappa shape index (κ2) is 10.5. The number of carbonyl (C=O) groups excluding carboxylic acids is 2. The molecule has 0 aliphatic carbocycles. The molecule has 0 saturated heterocycles. The maximum absolute atomic E-state index is 12.2. The van der Waals surface area contributed by atoms with Crippen molar-refractivity contribution in [1.82, 2.24) is 0 Å². The SMILES string of the molecule is CCC(CC(C)C(=O)Nc1ccc(S(=O)(=O)[S-])cc1)C(=O)OC.[Na+]. The van der Waals surface area contributed by atoms with E-state index >= 15 is 0 Å². The fourth-order valence-electron chi connectivity index (χ4n) is 2.10. The van der Waals surface area contributed by atoms with Gasteiger partial charge in [-0.25, -0.2) is 8.42 Å². The second-order valence-electron chi connectivity index (χ2n) is 5.23. The third kappa shape index (κ3) is 7.14. The molecule has 1 aromatic carbocycles. The summed E-state index contributed by atoms with van der Waals surface area (Å²) in [6, 6.07) is 5.63. The van der Waals surface area contributed by atoms with E-state index in [0.717, 1.165) is 0 Å². The zero-order valence-electron chi connectivity index (χ0n) is 14.2. The van der Waals surface area contributed by atoms with Crippen LogP contribution in [0.25, 0.3) is 0 Å². The molecule has 0 fully saturated rings. The summed E-state index contributed by atoms with van der Waals surface area (Å²) < 4.78 is 27.1. The zero-order valence-corrected chi connectivity index (χ0v) is 17.9. The number of rotatable bonds is 7. The zero-order chi connectivity index (χ0) is 17.6. The minimum atomic E-state index is -3.68. The number of anilines is 1. The third-order valence-electron chi connectivity index (χ3n) is 3.52. The van der Waals surface area contributed by atoms with Gasteiger partial charge in [0.05, 0.1) is 21.9 Å². The fraction of sp³-hybridized carbons (Fsp3) is 0.467. The van der Waals surface area contributed by atoms with Crippen molar-refractivity contribution in [3.05, 3.63) is 24.3 Å². The van der Waals surface area contributed by atoms with E-state index in [1.54, 1.807) is 6.92 Å². The molecule has 0 aliphatic rings. The Morgan fingerprint density at radius 3 is 2.21 bits per heavy atom. The minimum absolute atomic E-state index is 0. The molecule has 0 aromatic heterocycles. The molecule has 0 aliphatic heterocycles. The van der Waals surface area contributed by atoms with Gasteiger partial charge in [-0.1, -0.05) is 13.8 Å². The molecule has 0 bridgehead atoms. The molecule has 9 heteroatoms. The van der Waals surface area contributed by atoms with Crippen LogP contribution in [-0.2, 0) is 34.9 Å². The van der Waals surface area contributed by atoms with Gasteiger partial charge in [0.15, 0.2) is 0 Å². The van der Waals surface area contributed by atoms with Crippen LogP contribution in [0.5, 0.6) is 0 Å². The molecule has 0 heterocycles. The monoisotopic (exact) mass is 381 g/mol. The molecule has 0 saturated carbocycles. The molecular weight excluding hydrogens is 361 g/mol. The first-order chi connectivity index (χ1) is 10.7. The fourth-order valence-corrected chi connectivity index (χ4v) is 2.90. The molecule has 1 aromatic rings. The maximum atomic E-state index is 12.2. The van der Waals surface area contributed by atoms with E-state index in [2.05, 4.69) is 17.0 Å². The van der Waals surface area contributed by atoms with Gasteiger partial charge in [-0.3, -0.25) is 9.59 Å². The van der Waals surface area contributed by atoms with Crippen LogP contribution in [0.3, 0.4) is 0 Å². The minimum Gasteiger partial charge on any atom is -0.644 e. The topological polar surface area (TPSA) is 89.5 Å². The smallest absolute Gasteiger partial charge is 0.644 e. The van der Waals surface area contributed by atoms with Crippen LogP contribution in [0.2, 0.25) is 0 Å². The van der Waals surface area contributed by atoms with Crippen molar-refractivity contribution < 1.29 is 52.3 Å². The Bertz CT molecular complexity index is 661. The van der Waals surface area contributed by atoms with Crippen molar-refractivity contribution in [2.24, 2.45) is 11.8 Å². The number of amides is 1. The van der Waals surface area contributed by atoms with Gasteiger partial charge in [0.25, 0.3) is 0 Å². The van der Waals surface area contributed by atoms with Crippen molar-refractivity contribution in [2.75, 3.05) is 12.4 Å². The number of methoxy groups -OCH3 is 1. The standard InChI is InChI=1S/C15H21NO5S2.Na/c1-4-11(15(18)21-3)9-10(2)14(17)16-12-5-7-13(8-6-12)23(19,20)22;/h5-8,10-11H,4,9H2,1-3H3,(H,16,17)(H,19,20,22);/q;+1/p-1. The van der Waals surface area contributed by atoms with Gasteiger partial charge in [-0.15, -0.1) is 0 Å². The van der Waals surface area contributed by atoms with Crippen LogP contribution in [0.1, 0.15) is 26.7 Å². The van der Waals surface area contributed by atoms with Crippen molar-refractivity contribution in [1.29, 1.82) is 0 Å². The summed E-state index contributed by atoms with van der Waals surface area (Å²) in [6.07, 6.45) is 0.976. The normalized spacial score (nSPS) is 13.3. The Morgan fingerprint density at radius 1 is 1.25 bits per heavy atom. The number of hydrogen-bond donors (Lipinski definition) is 1. The number of carbonyl (C=O) groups is 2. The van der Waals surface area contributed by atoms with Crippen molar-refractivity contribution in [3.63, 3.8) is 0 Å². The predicted molar refractivity (Wildman–Crippen MR) is 89.2 cm³/mol. The van der Waals surface area contributed by atoms with Gasteiger partial charge >= 0.3 is 35.5 Å². The summed E-state index contributed by atoms with van der Waals surface area (Å²) in [7, 11) is -2.35. The number of benzene rings is 1. The van der Waals surface area contributed by atoms with E-state index in [4.69, 9.17) is 4.74 Å². The molecule has 0 radical (unpaired) electrons. The molecule has 1 amide bonds. The molecule has 1 N–H and O–H groups in total. The van der Waals surface area contributed by atoms with Crippen LogP contribution < -0.4 is 34.9 Å². The van der Waals surface area contributed by atoms with E-state index in [1.165, 1.54) is 31.4 Å². The van der Waals surface area contributed by atoms with E-state index in [9.17, 15) is 18.0 Å². The van der Waals surface area contributed by atoms with Gasteiger partial charge in [0.1, 0.15) is 0 Å². The van der Waals surface area contributed by atoms with Gasteiger partial charge in [-0.2, -0.15) is 0 Å². The predicted octanol–water partition coefficient (Wildman–Crippen LogP) is -0.910. The van der Waals surface area contributed by atoms with Crippen molar-refractivity contribution >= 4 is 38.1 Å². The third-order valence-corrected chi connectivity index (χ3v) is 4.95. The van der Waals surface area contributed by atoms with E-state index < -0.39 is 8.87 Å². The molecule has 2 unspecified atom stereocenters. The van der Waals surface area contributed by atoms with Crippen LogP contribution in [-0.4, -0.2) is 27.4 Å². The van der Waals surface area contributed by atoms with E-state index in [-0.39, 0.29) is 58.2 Å². The van der Waals surface area contributed by atoms with E-state index in [0.29, 0.717) is 18.5 Å². The Hall–Kier alpha value is -0.540. The average molecular weight is 381 g/mol. The van der Waals surface area contributed by atoms with Crippen molar-refractivity contribution in [2.45, 2.75) is 31.6 Å². The summed E-state index contributed by atoms with van der Waals surface area (Å²) in [5, 5.41) is 2.69. The Morgan fingerprint density at radius 2 is 1.79 bits per heavy atom. The number of nitrogens with one attached hydrogen (secondary N) is 1. The summed E-state index contributed by atoms with van der Waals surface area (Å²) in [6.45, 7) is 3.59. The first-order valence-corrected chi connectivity index (χ1v) is 9.54. The first-order valence-electron chi connectivity index (χ1n) is 7.13. The quantitative estimate of drug-likeness (QED) is 0.285. The molecule has 6 nitrogen and oxygen atoms in total. The number of esters is 1. The first kappa shape index (κ1) is 23.5. The summed E-state index contributed by atoms with van der Waals surface area (Å²) in [4.78, 5) is 23.7. The van der Waals surface area contributed by atoms with Gasteiger partial charge in [0.2, 0.25) is 5.91 Å². The Labute approximate surface area is 169 Å². The van der Waals surface area contributed by atoms with Gasteiger partial charge in [-0.05, 0) is 37.1 Å². The molecule has 0 spiro atoms. The summed E-state index contributed by atoms with van der Waals surface area (Å²) >= 11 is 4.36. The van der Waals surface area contributed by atoms with Gasteiger partial charge in [0, 0.05) is 16.5 Å². The van der Waals surface area contributed by atoms with E-state index in [1.807, 2.05) is 6.92 Å². The molecule has 24 heavy (non-hydrogen) atoms. The number of ether oxygens (including phenoxy) is 1. The summed E-state index contributed by atoms with van der Waals surface area (Å²) in [5.74, 6) is -1.29. The summed E-state index contributed by atoms with van der Waals surface area (Å²) in [5.41, 5.74) is 0.468. The Balaban J connectivity index is 0.00000529. The van der Waals surface area contributed by atoms with Crippen molar-refractivity contribution in [3.8, 4) is 0 Å². The molecule has 2 atom stereocenters. The second-order valence-corrected chi connectivity index (χ2v) is 7.93. The number of hydrogen-bond acceptors (Lipinski definition) is 6. The molecule has 1 rings (SSSR count). The average Bonchev–Trinajstić information content (AvgIpc) is 2.51. The maximum Gasteiger partial charge on any atom is 1.00 e. The molecular formula is C15H20NNaO5S2. The van der Waals surface area contributed by atoms with Crippen LogP contribution in [0.4, 0.5) is 5.69 Å². The molecule has 128 valence electrons.